The first-order valence-electron chi connectivity index (χ1n) is 7.12. The number of thioether (sulfide) groups is 2. The first-order chi connectivity index (χ1) is 10.6. The molecule has 6 heteroatoms. The van der Waals surface area contributed by atoms with E-state index in [9.17, 15) is 4.79 Å². The zero-order valence-corrected chi connectivity index (χ0v) is 14.9. The molecule has 2 rings (SSSR count). The lowest BCUT2D eigenvalue weighted by molar-refractivity contribution is -0.107. The molecule has 1 aromatic rings. The number of hydrogen-bond acceptors (Lipinski definition) is 6. The molecule has 0 aromatic heterocycles. The highest BCUT2D eigenvalue weighted by Gasteiger charge is 2.22. The van der Waals surface area contributed by atoms with Crippen LogP contribution in [0.25, 0.3) is 6.08 Å². The molecule has 1 heterocycles. The van der Waals surface area contributed by atoms with E-state index in [-0.39, 0.29) is 5.12 Å². The molecular weight excluding hydrogens is 316 g/mol. The van der Waals surface area contributed by atoms with Crippen LogP contribution in [-0.4, -0.2) is 35.9 Å². The molecule has 0 saturated carbocycles. The Labute approximate surface area is 140 Å². The highest BCUT2D eigenvalue weighted by atomic mass is 32.2. The number of carbonyl (C=O) groups is 1. The Morgan fingerprint density at radius 2 is 2.09 bits per heavy atom. The second-order valence-corrected chi connectivity index (χ2v) is 6.61. The quantitative estimate of drug-likeness (QED) is 0.764. The van der Waals surface area contributed by atoms with E-state index in [0.717, 1.165) is 34.5 Å². The minimum Gasteiger partial charge on any atom is -0.496 e. The van der Waals surface area contributed by atoms with Crippen molar-refractivity contribution in [2.24, 2.45) is 4.99 Å². The Morgan fingerprint density at radius 1 is 1.36 bits per heavy atom. The van der Waals surface area contributed by atoms with Gasteiger partial charge in [0.2, 0.25) is 5.12 Å². The first-order valence-corrected chi connectivity index (χ1v) is 9.16. The molecule has 0 aliphatic carbocycles. The molecule has 0 unspecified atom stereocenters. The number of anilines is 1. The highest BCUT2D eigenvalue weighted by molar-refractivity contribution is 8.45. The largest absolute Gasteiger partial charge is 0.496 e. The summed E-state index contributed by atoms with van der Waals surface area (Å²) in [6, 6.07) is 6.03. The number of aliphatic imine (C=N–C) groups is 1. The van der Waals surface area contributed by atoms with E-state index in [1.54, 1.807) is 13.2 Å². The van der Waals surface area contributed by atoms with Crippen LogP contribution >= 0.6 is 23.5 Å². The van der Waals surface area contributed by atoms with Gasteiger partial charge >= 0.3 is 0 Å². The Morgan fingerprint density at radius 3 is 2.64 bits per heavy atom. The Hall–Kier alpha value is -1.40. The van der Waals surface area contributed by atoms with Crippen molar-refractivity contribution in [2.75, 3.05) is 31.4 Å². The van der Waals surface area contributed by atoms with Gasteiger partial charge in [0.05, 0.1) is 7.11 Å². The smallest absolute Gasteiger partial charge is 0.244 e. The maximum Gasteiger partial charge on any atom is 0.244 e. The average Bonchev–Trinajstić information content (AvgIpc) is 2.90. The molecule has 0 fully saturated rings. The van der Waals surface area contributed by atoms with Crippen LogP contribution in [0, 0.1) is 0 Å². The minimum atomic E-state index is -0.0146. The molecule has 0 N–H and O–H groups in total. The van der Waals surface area contributed by atoms with E-state index in [2.05, 4.69) is 23.7 Å². The van der Waals surface area contributed by atoms with E-state index in [4.69, 9.17) is 4.74 Å². The van der Waals surface area contributed by atoms with Crippen molar-refractivity contribution in [2.45, 2.75) is 13.8 Å². The zero-order chi connectivity index (χ0) is 16.1. The summed E-state index contributed by atoms with van der Waals surface area (Å²) in [6.07, 6.45) is 3.71. The van der Waals surface area contributed by atoms with Gasteiger partial charge in [0.1, 0.15) is 15.8 Å². The second kappa shape index (κ2) is 7.74. The number of hydrogen-bond donors (Lipinski definition) is 0. The fraction of sp³-hybridized carbons (Fsp3) is 0.375. The summed E-state index contributed by atoms with van der Waals surface area (Å²) < 4.78 is 6.27. The molecule has 0 bridgehead atoms. The molecule has 0 amide bonds. The molecule has 1 aliphatic heterocycles. The summed E-state index contributed by atoms with van der Waals surface area (Å²) in [5.74, 6) is 0.752. The van der Waals surface area contributed by atoms with Crippen molar-refractivity contribution in [3.8, 4) is 5.75 Å². The van der Waals surface area contributed by atoms with Gasteiger partial charge in [-0.05, 0) is 50.1 Å². The molecular formula is C16H20N2O2S2. The number of methoxy groups -OCH3 is 1. The standard InChI is InChI=1S/C16H20N2O2S2/c1-5-18(6-2)12-8-7-11(14(10-12)20-3)9-13-15(19)22-16(17-13)21-4/h7-10H,5-6H2,1-4H3/b13-9-. The summed E-state index contributed by atoms with van der Waals surface area (Å²) in [4.78, 5) is 18.5. The van der Waals surface area contributed by atoms with Crippen LogP contribution in [0.4, 0.5) is 5.69 Å². The molecule has 0 atom stereocenters. The van der Waals surface area contributed by atoms with Crippen LogP contribution in [0.5, 0.6) is 5.75 Å². The summed E-state index contributed by atoms with van der Waals surface area (Å²) in [5.41, 5.74) is 2.46. The normalized spacial score (nSPS) is 16.1. The van der Waals surface area contributed by atoms with Gasteiger partial charge in [0.15, 0.2) is 0 Å². The minimum absolute atomic E-state index is 0.0146. The third-order valence-corrected chi connectivity index (χ3v) is 5.26. The molecule has 0 saturated heterocycles. The van der Waals surface area contributed by atoms with E-state index < -0.39 is 0 Å². The van der Waals surface area contributed by atoms with Gasteiger partial charge in [0, 0.05) is 30.4 Å². The Kier molecular flexibility index (Phi) is 5.97. The van der Waals surface area contributed by atoms with Gasteiger partial charge in [-0.25, -0.2) is 4.99 Å². The third-order valence-electron chi connectivity index (χ3n) is 3.41. The Balaban J connectivity index is 2.36. The average molecular weight is 336 g/mol. The lowest BCUT2D eigenvalue weighted by Gasteiger charge is -2.22. The zero-order valence-electron chi connectivity index (χ0n) is 13.3. The van der Waals surface area contributed by atoms with Crippen molar-refractivity contribution in [3.05, 3.63) is 29.5 Å². The predicted molar refractivity (Wildman–Crippen MR) is 98.1 cm³/mol. The third kappa shape index (κ3) is 3.67. The van der Waals surface area contributed by atoms with E-state index in [0.29, 0.717) is 5.70 Å². The maximum atomic E-state index is 11.9. The predicted octanol–water partition coefficient (Wildman–Crippen LogP) is 3.87. The molecule has 0 radical (unpaired) electrons. The van der Waals surface area contributed by atoms with Crippen LogP contribution in [-0.2, 0) is 4.79 Å². The number of benzene rings is 1. The number of rotatable bonds is 5. The van der Waals surface area contributed by atoms with Crippen LogP contribution in [0.15, 0.2) is 28.9 Å². The van der Waals surface area contributed by atoms with Gasteiger partial charge in [0.25, 0.3) is 0 Å². The summed E-state index contributed by atoms with van der Waals surface area (Å²) in [6.45, 7) is 6.13. The van der Waals surface area contributed by atoms with Crippen molar-refractivity contribution in [3.63, 3.8) is 0 Å². The first kappa shape index (κ1) is 17.0. The van der Waals surface area contributed by atoms with Crippen molar-refractivity contribution >= 4 is 44.8 Å². The van der Waals surface area contributed by atoms with Crippen LogP contribution in [0.2, 0.25) is 0 Å². The highest BCUT2D eigenvalue weighted by Crippen LogP contribution is 2.33. The summed E-state index contributed by atoms with van der Waals surface area (Å²) in [5, 5.41) is -0.0146. The topological polar surface area (TPSA) is 41.9 Å². The maximum absolute atomic E-state index is 11.9. The van der Waals surface area contributed by atoms with Crippen LogP contribution in [0.1, 0.15) is 19.4 Å². The Bertz CT molecular complexity index is 623. The van der Waals surface area contributed by atoms with Gasteiger partial charge in [-0.15, -0.1) is 11.8 Å². The van der Waals surface area contributed by atoms with Crippen molar-refractivity contribution in [1.82, 2.24) is 0 Å². The fourth-order valence-corrected chi connectivity index (χ4v) is 3.49. The molecule has 1 aliphatic rings. The van der Waals surface area contributed by atoms with Crippen LogP contribution < -0.4 is 9.64 Å². The van der Waals surface area contributed by atoms with E-state index in [1.165, 1.54) is 23.5 Å². The number of nitrogens with zero attached hydrogens (tertiary/aromatic N) is 2. The number of carbonyl (C=O) groups excluding carboxylic acids is 1. The van der Waals surface area contributed by atoms with Crippen LogP contribution in [0.3, 0.4) is 0 Å². The molecule has 22 heavy (non-hydrogen) atoms. The monoisotopic (exact) mass is 336 g/mol. The van der Waals surface area contributed by atoms with Gasteiger partial charge in [-0.1, -0.05) is 0 Å². The molecule has 0 spiro atoms. The molecule has 4 nitrogen and oxygen atoms in total. The van der Waals surface area contributed by atoms with E-state index in [1.807, 2.05) is 24.5 Å². The summed E-state index contributed by atoms with van der Waals surface area (Å²) in [7, 11) is 1.64. The lowest BCUT2D eigenvalue weighted by atomic mass is 10.1. The van der Waals surface area contributed by atoms with Gasteiger partial charge < -0.3 is 9.64 Å². The fourth-order valence-electron chi connectivity index (χ4n) is 2.23. The molecule has 1 aromatic carbocycles. The van der Waals surface area contributed by atoms with Gasteiger partial charge in [-0.2, -0.15) is 0 Å². The van der Waals surface area contributed by atoms with Gasteiger partial charge in [-0.3, -0.25) is 4.79 Å². The summed E-state index contributed by atoms with van der Waals surface area (Å²) >= 11 is 2.66. The lowest BCUT2D eigenvalue weighted by Crippen LogP contribution is -2.21. The van der Waals surface area contributed by atoms with Crippen molar-refractivity contribution in [1.29, 1.82) is 0 Å². The molecule has 118 valence electrons. The van der Waals surface area contributed by atoms with Crippen molar-refractivity contribution < 1.29 is 9.53 Å². The SMILES string of the molecule is CCN(CC)c1ccc(/C=C2\N=C(SC)SC2=O)c(OC)c1. The van der Waals surface area contributed by atoms with E-state index >= 15 is 0 Å². The number of ether oxygens (including phenoxy) is 1. The second-order valence-electron chi connectivity index (χ2n) is 4.60.